The standard InChI is InChI=1S/C17H17ClN4/c18-17-12-15(6-7-20-17)21-8-3-9-22(11-10-21)16-5-2-1-4-14(16)13-19/h1-2,4-7,12H,3,8-11H2. The minimum Gasteiger partial charge on any atom is -0.370 e. The number of nitrogens with zero attached hydrogens (tertiary/aromatic N) is 4. The summed E-state index contributed by atoms with van der Waals surface area (Å²) >= 11 is 5.98. The molecule has 3 rings (SSSR count). The average Bonchev–Trinajstić information content (AvgIpc) is 2.81. The Labute approximate surface area is 135 Å². The number of benzene rings is 1. The van der Waals surface area contributed by atoms with E-state index in [0.717, 1.165) is 49.5 Å². The average molecular weight is 313 g/mol. The Bertz CT molecular complexity index is 695. The lowest BCUT2D eigenvalue weighted by Gasteiger charge is -2.25. The highest BCUT2D eigenvalue weighted by molar-refractivity contribution is 6.29. The quantitative estimate of drug-likeness (QED) is 0.798. The first-order valence-electron chi connectivity index (χ1n) is 7.38. The predicted octanol–water partition coefficient (Wildman–Crippen LogP) is 3.32. The Kier molecular flexibility index (Phi) is 4.45. The first kappa shape index (κ1) is 14.7. The topological polar surface area (TPSA) is 43.2 Å². The van der Waals surface area contributed by atoms with E-state index in [2.05, 4.69) is 20.9 Å². The van der Waals surface area contributed by atoms with Gasteiger partial charge in [-0.3, -0.25) is 0 Å². The van der Waals surface area contributed by atoms with E-state index in [0.29, 0.717) is 5.15 Å². The molecule has 0 radical (unpaired) electrons. The highest BCUT2D eigenvalue weighted by atomic mass is 35.5. The van der Waals surface area contributed by atoms with Crippen LogP contribution in [0.15, 0.2) is 42.6 Å². The molecule has 0 N–H and O–H groups in total. The Morgan fingerprint density at radius 2 is 1.82 bits per heavy atom. The van der Waals surface area contributed by atoms with Gasteiger partial charge in [-0.1, -0.05) is 23.7 Å². The Hall–Kier alpha value is -2.25. The van der Waals surface area contributed by atoms with Crippen molar-refractivity contribution < 1.29 is 0 Å². The summed E-state index contributed by atoms with van der Waals surface area (Å²) in [5, 5.41) is 9.79. The van der Waals surface area contributed by atoms with Gasteiger partial charge in [-0.05, 0) is 30.7 Å². The summed E-state index contributed by atoms with van der Waals surface area (Å²) in [5.74, 6) is 0. The molecule has 0 bridgehead atoms. The van der Waals surface area contributed by atoms with Crippen LogP contribution in [0.3, 0.4) is 0 Å². The predicted molar refractivity (Wildman–Crippen MR) is 89.4 cm³/mol. The lowest BCUT2D eigenvalue weighted by atomic mass is 10.1. The van der Waals surface area contributed by atoms with E-state index in [1.807, 2.05) is 36.4 Å². The third-order valence-electron chi connectivity index (χ3n) is 3.94. The smallest absolute Gasteiger partial charge is 0.131 e. The van der Waals surface area contributed by atoms with Gasteiger partial charge in [0.2, 0.25) is 0 Å². The fraction of sp³-hybridized carbons (Fsp3) is 0.294. The van der Waals surface area contributed by atoms with E-state index in [-0.39, 0.29) is 0 Å². The van der Waals surface area contributed by atoms with Gasteiger partial charge >= 0.3 is 0 Å². The summed E-state index contributed by atoms with van der Waals surface area (Å²) in [6.45, 7) is 3.72. The summed E-state index contributed by atoms with van der Waals surface area (Å²) in [6.07, 6.45) is 2.78. The van der Waals surface area contributed by atoms with Gasteiger partial charge in [0, 0.05) is 38.1 Å². The Balaban J connectivity index is 1.76. The molecule has 112 valence electrons. The van der Waals surface area contributed by atoms with Crippen LogP contribution < -0.4 is 9.80 Å². The van der Waals surface area contributed by atoms with Crippen LogP contribution in [0.25, 0.3) is 0 Å². The zero-order valence-electron chi connectivity index (χ0n) is 12.2. The second kappa shape index (κ2) is 6.67. The molecule has 1 saturated heterocycles. The van der Waals surface area contributed by atoms with Gasteiger partial charge in [0.15, 0.2) is 0 Å². The third-order valence-corrected chi connectivity index (χ3v) is 4.14. The molecule has 2 aromatic rings. The van der Waals surface area contributed by atoms with Crippen molar-refractivity contribution >= 4 is 23.0 Å². The van der Waals surface area contributed by atoms with Gasteiger partial charge in [0.25, 0.3) is 0 Å². The lowest BCUT2D eigenvalue weighted by molar-refractivity contribution is 0.805. The van der Waals surface area contributed by atoms with E-state index in [1.165, 1.54) is 0 Å². The molecule has 1 aliphatic rings. The van der Waals surface area contributed by atoms with Crippen molar-refractivity contribution in [2.45, 2.75) is 6.42 Å². The van der Waals surface area contributed by atoms with Gasteiger partial charge in [0.1, 0.15) is 11.2 Å². The summed E-state index contributed by atoms with van der Waals surface area (Å²) in [4.78, 5) is 8.65. The summed E-state index contributed by atoms with van der Waals surface area (Å²) in [7, 11) is 0. The normalized spacial score (nSPS) is 15.3. The van der Waals surface area contributed by atoms with Crippen LogP contribution in [0.1, 0.15) is 12.0 Å². The van der Waals surface area contributed by atoms with Crippen molar-refractivity contribution in [2.75, 3.05) is 36.0 Å². The summed E-state index contributed by atoms with van der Waals surface area (Å²) in [6, 6.07) is 14.0. The first-order valence-corrected chi connectivity index (χ1v) is 7.76. The molecule has 0 amide bonds. The van der Waals surface area contributed by atoms with Crippen LogP contribution in [-0.4, -0.2) is 31.2 Å². The van der Waals surface area contributed by atoms with Crippen LogP contribution in [0.5, 0.6) is 0 Å². The molecular formula is C17H17ClN4. The van der Waals surface area contributed by atoms with Crippen molar-refractivity contribution in [2.24, 2.45) is 0 Å². The Morgan fingerprint density at radius 3 is 2.64 bits per heavy atom. The minimum atomic E-state index is 0.522. The first-order chi connectivity index (χ1) is 10.8. The highest BCUT2D eigenvalue weighted by Crippen LogP contribution is 2.23. The van der Waals surface area contributed by atoms with Crippen LogP contribution in [0, 0.1) is 11.3 Å². The molecule has 1 aliphatic heterocycles. The molecule has 2 heterocycles. The molecule has 22 heavy (non-hydrogen) atoms. The fourth-order valence-corrected chi connectivity index (χ4v) is 3.02. The van der Waals surface area contributed by atoms with Crippen molar-refractivity contribution in [3.05, 3.63) is 53.3 Å². The van der Waals surface area contributed by atoms with E-state index < -0.39 is 0 Å². The molecule has 0 unspecified atom stereocenters. The number of rotatable bonds is 2. The SMILES string of the molecule is N#Cc1ccccc1N1CCCN(c2ccnc(Cl)c2)CC1. The van der Waals surface area contributed by atoms with Crippen molar-refractivity contribution in [3.63, 3.8) is 0 Å². The number of pyridine rings is 1. The molecule has 0 aliphatic carbocycles. The zero-order chi connectivity index (χ0) is 15.4. The Morgan fingerprint density at radius 1 is 1.05 bits per heavy atom. The number of para-hydroxylation sites is 1. The van der Waals surface area contributed by atoms with E-state index in [1.54, 1.807) is 6.20 Å². The number of aromatic nitrogens is 1. The zero-order valence-corrected chi connectivity index (χ0v) is 13.0. The molecular weight excluding hydrogens is 296 g/mol. The lowest BCUT2D eigenvalue weighted by Crippen LogP contribution is -2.31. The van der Waals surface area contributed by atoms with Crippen LogP contribution in [0.4, 0.5) is 11.4 Å². The number of anilines is 2. The molecule has 5 heteroatoms. The third kappa shape index (κ3) is 3.15. The van der Waals surface area contributed by atoms with Crippen LogP contribution in [0.2, 0.25) is 5.15 Å². The van der Waals surface area contributed by atoms with E-state index in [9.17, 15) is 5.26 Å². The van der Waals surface area contributed by atoms with Gasteiger partial charge in [-0.15, -0.1) is 0 Å². The van der Waals surface area contributed by atoms with Gasteiger partial charge in [-0.25, -0.2) is 4.98 Å². The van der Waals surface area contributed by atoms with Crippen molar-refractivity contribution in [1.82, 2.24) is 4.98 Å². The van der Waals surface area contributed by atoms with Crippen molar-refractivity contribution in [1.29, 1.82) is 5.26 Å². The van der Waals surface area contributed by atoms with E-state index >= 15 is 0 Å². The summed E-state index contributed by atoms with van der Waals surface area (Å²) < 4.78 is 0. The van der Waals surface area contributed by atoms with Crippen molar-refractivity contribution in [3.8, 4) is 6.07 Å². The second-order valence-electron chi connectivity index (χ2n) is 5.29. The largest absolute Gasteiger partial charge is 0.370 e. The molecule has 0 saturated carbocycles. The number of hydrogen-bond donors (Lipinski definition) is 0. The highest BCUT2D eigenvalue weighted by Gasteiger charge is 2.17. The van der Waals surface area contributed by atoms with Crippen LogP contribution in [-0.2, 0) is 0 Å². The molecule has 1 aromatic heterocycles. The molecule has 0 atom stereocenters. The maximum Gasteiger partial charge on any atom is 0.131 e. The van der Waals surface area contributed by atoms with E-state index in [4.69, 9.17) is 11.6 Å². The van der Waals surface area contributed by atoms with Gasteiger partial charge < -0.3 is 9.80 Å². The summed E-state index contributed by atoms with van der Waals surface area (Å²) in [5.41, 5.74) is 2.87. The molecule has 1 fully saturated rings. The number of hydrogen-bond acceptors (Lipinski definition) is 4. The molecule has 1 aromatic carbocycles. The van der Waals surface area contributed by atoms with Gasteiger partial charge in [0.05, 0.1) is 11.3 Å². The molecule has 0 spiro atoms. The number of nitriles is 1. The maximum atomic E-state index is 9.27. The minimum absolute atomic E-state index is 0.522. The van der Waals surface area contributed by atoms with Gasteiger partial charge in [-0.2, -0.15) is 5.26 Å². The van der Waals surface area contributed by atoms with Crippen LogP contribution >= 0.6 is 11.6 Å². The second-order valence-corrected chi connectivity index (χ2v) is 5.68. The number of halogens is 1. The monoisotopic (exact) mass is 312 g/mol. The fourth-order valence-electron chi connectivity index (χ4n) is 2.85. The molecule has 4 nitrogen and oxygen atoms in total. The maximum absolute atomic E-state index is 9.27.